The lowest BCUT2D eigenvalue weighted by atomic mass is 10.0. The van der Waals surface area contributed by atoms with Crippen molar-refractivity contribution in [1.82, 2.24) is 0 Å². The molecule has 3 aromatic rings. The Morgan fingerprint density at radius 1 is 0.800 bits per heavy atom. The third kappa shape index (κ3) is 3.45. The Kier molecular flexibility index (Phi) is 4.29. The maximum atomic E-state index is 5.90. The molecule has 1 N–H and O–H groups in total. The molecule has 0 saturated carbocycles. The number of anilines is 1. The summed E-state index contributed by atoms with van der Waals surface area (Å²) in [5.74, 6) is 0.887. The first kappa shape index (κ1) is 15.2. The maximum Gasteiger partial charge on any atom is 0.129 e. The summed E-state index contributed by atoms with van der Waals surface area (Å²) >= 11 is 0. The largest absolute Gasteiger partial charge is 0.488 e. The van der Waals surface area contributed by atoms with Gasteiger partial charge < -0.3 is 10.1 Å². The van der Waals surface area contributed by atoms with Gasteiger partial charge in [-0.05, 0) is 36.4 Å². The van der Waals surface area contributed by atoms with Gasteiger partial charge in [-0.25, -0.2) is 0 Å². The van der Waals surface area contributed by atoms with E-state index in [-0.39, 0.29) is 0 Å². The van der Waals surface area contributed by atoms with Gasteiger partial charge in [0.05, 0.1) is 11.4 Å². The Labute approximate surface area is 147 Å². The minimum atomic E-state index is 0.489. The first-order valence-corrected chi connectivity index (χ1v) is 8.27. The molecule has 1 aliphatic heterocycles. The number of nitrogens with zero attached hydrogens (tertiary/aromatic N) is 1. The number of rotatable bonds is 4. The summed E-state index contributed by atoms with van der Waals surface area (Å²) in [4.78, 5) is 4.59. The Morgan fingerprint density at radius 2 is 1.48 bits per heavy atom. The number of fused-ring (bicyclic) bond motifs is 1. The zero-order valence-corrected chi connectivity index (χ0v) is 13.7. The predicted octanol–water partition coefficient (Wildman–Crippen LogP) is 5.30. The van der Waals surface area contributed by atoms with E-state index in [0.717, 1.165) is 34.0 Å². The molecule has 0 aromatic heterocycles. The number of benzene rings is 3. The molecular weight excluding hydrogens is 308 g/mol. The van der Waals surface area contributed by atoms with Crippen LogP contribution in [-0.2, 0) is 0 Å². The van der Waals surface area contributed by atoms with Gasteiger partial charge in [-0.15, -0.1) is 0 Å². The minimum Gasteiger partial charge on any atom is -0.488 e. The maximum absolute atomic E-state index is 5.90. The zero-order valence-electron chi connectivity index (χ0n) is 13.7. The highest BCUT2D eigenvalue weighted by atomic mass is 16.5. The Bertz CT molecular complexity index is 915. The monoisotopic (exact) mass is 326 g/mol. The molecule has 0 aliphatic carbocycles. The SMILES string of the molecule is C(=Nc1ccccc1)C1=C(Nc2ccccc2)c2ccccc2OC1. The summed E-state index contributed by atoms with van der Waals surface area (Å²) < 4.78 is 5.90. The highest BCUT2D eigenvalue weighted by molar-refractivity contribution is 5.97. The average Bonchev–Trinajstić information content (AvgIpc) is 2.69. The van der Waals surface area contributed by atoms with Gasteiger partial charge in [0.25, 0.3) is 0 Å². The lowest BCUT2D eigenvalue weighted by Gasteiger charge is -2.23. The molecule has 0 radical (unpaired) electrons. The van der Waals surface area contributed by atoms with E-state index in [1.165, 1.54) is 0 Å². The van der Waals surface area contributed by atoms with Crippen LogP contribution in [-0.4, -0.2) is 12.8 Å². The van der Waals surface area contributed by atoms with Crippen LogP contribution in [0.15, 0.2) is 95.5 Å². The second-order valence-corrected chi connectivity index (χ2v) is 5.77. The Balaban J connectivity index is 1.74. The van der Waals surface area contributed by atoms with Crippen molar-refractivity contribution in [3.05, 3.63) is 96.1 Å². The average molecular weight is 326 g/mol. The molecule has 0 unspecified atom stereocenters. The van der Waals surface area contributed by atoms with Gasteiger partial charge in [0.1, 0.15) is 12.4 Å². The minimum absolute atomic E-state index is 0.489. The lowest BCUT2D eigenvalue weighted by Crippen LogP contribution is -2.16. The molecule has 0 saturated heterocycles. The van der Waals surface area contributed by atoms with Gasteiger partial charge in [0.2, 0.25) is 0 Å². The van der Waals surface area contributed by atoms with Crippen LogP contribution in [0.1, 0.15) is 5.56 Å². The van der Waals surface area contributed by atoms with Gasteiger partial charge in [0, 0.05) is 23.0 Å². The number of ether oxygens (including phenoxy) is 1. The molecular formula is C22H18N2O. The summed E-state index contributed by atoms with van der Waals surface area (Å²) in [6.45, 7) is 0.489. The third-order valence-corrected chi connectivity index (χ3v) is 4.03. The molecule has 0 bridgehead atoms. The Hall–Kier alpha value is -3.33. The van der Waals surface area contributed by atoms with Crippen LogP contribution < -0.4 is 10.1 Å². The molecule has 0 spiro atoms. The van der Waals surface area contributed by atoms with Crippen molar-refractivity contribution < 1.29 is 4.74 Å². The van der Waals surface area contributed by atoms with Crippen molar-refractivity contribution in [2.45, 2.75) is 0 Å². The first-order valence-electron chi connectivity index (χ1n) is 8.27. The molecule has 1 heterocycles. The summed E-state index contributed by atoms with van der Waals surface area (Å²) in [6, 6.07) is 28.1. The van der Waals surface area contributed by atoms with Crippen molar-refractivity contribution in [1.29, 1.82) is 0 Å². The third-order valence-electron chi connectivity index (χ3n) is 4.03. The van der Waals surface area contributed by atoms with Crippen LogP contribution in [0.25, 0.3) is 5.70 Å². The molecule has 0 atom stereocenters. The van der Waals surface area contributed by atoms with Gasteiger partial charge in [-0.1, -0.05) is 48.5 Å². The fourth-order valence-electron chi connectivity index (χ4n) is 2.78. The first-order chi connectivity index (χ1) is 12.4. The van der Waals surface area contributed by atoms with E-state index in [4.69, 9.17) is 4.74 Å². The van der Waals surface area contributed by atoms with E-state index in [9.17, 15) is 0 Å². The van der Waals surface area contributed by atoms with Crippen LogP contribution >= 0.6 is 0 Å². The van der Waals surface area contributed by atoms with Gasteiger partial charge in [-0.3, -0.25) is 4.99 Å². The normalized spacial score (nSPS) is 13.4. The van der Waals surface area contributed by atoms with E-state index < -0.39 is 0 Å². The molecule has 3 aromatic carbocycles. The van der Waals surface area contributed by atoms with Crippen LogP contribution in [0.5, 0.6) is 5.75 Å². The molecule has 122 valence electrons. The summed E-state index contributed by atoms with van der Waals surface area (Å²) in [7, 11) is 0. The second kappa shape index (κ2) is 7.05. The number of nitrogens with one attached hydrogen (secondary N) is 1. The van der Waals surface area contributed by atoms with Gasteiger partial charge >= 0.3 is 0 Å². The fraction of sp³-hybridized carbons (Fsp3) is 0.0455. The van der Waals surface area contributed by atoms with E-state index in [1.54, 1.807) is 0 Å². The molecule has 3 nitrogen and oxygen atoms in total. The van der Waals surface area contributed by atoms with Crippen molar-refractivity contribution in [3.63, 3.8) is 0 Å². The van der Waals surface area contributed by atoms with E-state index in [0.29, 0.717) is 6.61 Å². The Morgan fingerprint density at radius 3 is 2.28 bits per heavy atom. The second-order valence-electron chi connectivity index (χ2n) is 5.77. The van der Waals surface area contributed by atoms with E-state index >= 15 is 0 Å². The van der Waals surface area contributed by atoms with Crippen LogP contribution in [0.2, 0.25) is 0 Å². The highest BCUT2D eigenvalue weighted by Gasteiger charge is 2.19. The molecule has 1 aliphatic rings. The number of para-hydroxylation sites is 3. The van der Waals surface area contributed by atoms with Crippen LogP contribution in [0.3, 0.4) is 0 Å². The molecule has 3 heteroatoms. The number of hydrogen-bond donors (Lipinski definition) is 1. The standard InChI is InChI=1S/C22H18N2O/c1-3-9-18(10-4-1)23-15-17-16-25-21-14-8-7-13-20(21)22(17)24-19-11-5-2-6-12-19/h1-15,24H,16H2. The zero-order chi connectivity index (χ0) is 16.9. The fourth-order valence-corrected chi connectivity index (χ4v) is 2.78. The lowest BCUT2D eigenvalue weighted by molar-refractivity contribution is 0.352. The van der Waals surface area contributed by atoms with Crippen molar-refractivity contribution in [3.8, 4) is 5.75 Å². The van der Waals surface area contributed by atoms with E-state index in [2.05, 4.69) is 28.5 Å². The number of hydrogen-bond acceptors (Lipinski definition) is 3. The summed E-state index contributed by atoms with van der Waals surface area (Å²) in [6.07, 6.45) is 1.89. The molecule has 25 heavy (non-hydrogen) atoms. The van der Waals surface area contributed by atoms with Crippen molar-refractivity contribution in [2.24, 2.45) is 4.99 Å². The van der Waals surface area contributed by atoms with Crippen molar-refractivity contribution in [2.75, 3.05) is 11.9 Å². The number of aliphatic imine (C=N–C) groups is 1. The summed E-state index contributed by atoms with van der Waals surface area (Å²) in [5.41, 5.74) is 5.07. The van der Waals surface area contributed by atoms with Crippen LogP contribution in [0, 0.1) is 0 Å². The van der Waals surface area contributed by atoms with Gasteiger partial charge in [-0.2, -0.15) is 0 Å². The highest BCUT2D eigenvalue weighted by Crippen LogP contribution is 2.33. The molecule has 4 rings (SSSR count). The predicted molar refractivity (Wildman–Crippen MR) is 104 cm³/mol. The topological polar surface area (TPSA) is 33.6 Å². The van der Waals surface area contributed by atoms with Crippen molar-refractivity contribution >= 4 is 23.3 Å². The molecule has 0 fully saturated rings. The quantitative estimate of drug-likeness (QED) is 0.660. The summed E-state index contributed by atoms with van der Waals surface area (Å²) in [5, 5.41) is 3.53. The smallest absolute Gasteiger partial charge is 0.129 e. The molecule has 0 amide bonds. The van der Waals surface area contributed by atoms with Gasteiger partial charge in [0.15, 0.2) is 0 Å². The van der Waals surface area contributed by atoms with E-state index in [1.807, 2.05) is 72.9 Å². The van der Waals surface area contributed by atoms with Crippen LogP contribution in [0.4, 0.5) is 11.4 Å².